The first-order valence-electron chi connectivity index (χ1n) is 15.0. The Labute approximate surface area is 222 Å². The highest BCUT2D eigenvalue weighted by atomic mass is 16.4. The molecule has 0 aromatic carbocycles. The van der Waals surface area contributed by atoms with Gasteiger partial charge in [0.15, 0.2) is 5.69 Å². The molecule has 4 aliphatic rings. The van der Waals surface area contributed by atoms with Gasteiger partial charge in [-0.25, -0.2) is 14.8 Å². The van der Waals surface area contributed by atoms with Crippen LogP contribution in [0.15, 0.2) is 12.5 Å². The van der Waals surface area contributed by atoms with E-state index in [0.717, 1.165) is 44.1 Å². The van der Waals surface area contributed by atoms with Crippen LogP contribution in [0.2, 0.25) is 0 Å². The molecule has 1 aromatic heterocycles. The van der Waals surface area contributed by atoms with Crippen molar-refractivity contribution in [3.05, 3.63) is 23.8 Å². The maximum atomic E-state index is 11.9. The molecular formula is C31H48N2O4. The van der Waals surface area contributed by atoms with Gasteiger partial charge in [0.2, 0.25) is 0 Å². The van der Waals surface area contributed by atoms with E-state index in [0.29, 0.717) is 47.8 Å². The summed E-state index contributed by atoms with van der Waals surface area (Å²) in [5, 5.41) is 31.8. The zero-order chi connectivity index (χ0) is 26.5. The summed E-state index contributed by atoms with van der Waals surface area (Å²) in [6, 6.07) is 0. The standard InChI is InChI=1S/C31H48N2O4/c1-5-21-25-15-20(34)11-13-31(25,4)24-12-14-30(3)22(9-10-23(30)26(24)28(21)35)18(2)7-6-8-19-16-32-17-33-27(19)29(36)37/h16-18,20-26,28,34-35H,5-15H2,1-4H3,(H,36,37)/t18-,20-,21-,22?,23?,24?,25+,26?,28-,30-,31-/m1/s1. The molecule has 3 N–H and O–H groups in total. The van der Waals surface area contributed by atoms with Crippen LogP contribution < -0.4 is 0 Å². The van der Waals surface area contributed by atoms with E-state index in [4.69, 9.17) is 0 Å². The summed E-state index contributed by atoms with van der Waals surface area (Å²) in [6.45, 7) is 9.68. The van der Waals surface area contributed by atoms with Crippen LogP contribution in [0.4, 0.5) is 0 Å². The Kier molecular flexibility index (Phi) is 7.47. The second kappa shape index (κ2) is 10.2. The second-order valence-electron chi connectivity index (χ2n) is 13.7. The molecule has 5 rings (SSSR count). The fraction of sp³-hybridized carbons (Fsp3) is 0.839. The van der Waals surface area contributed by atoms with Crippen LogP contribution in [0.3, 0.4) is 0 Å². The fourth-order valence-corrected chi connectivity index (χ4v) is 10.5. The summed E-state index contributed by atoms with van der Waals surface area (Å²) in [5.74, 6) is 2.52. The second-order valence-corrected chi connectivity index (χ2v) is 13.7. The molecule has 0 bridgehead atoms. The van der Waals surface area contributed by atoms with Crippen molar-refractivity contribution in [2.45, 2.75) is 111 Å². The smallest absolute Gasteiger partial charge is 0.354 e. The number of carbonyl (C=O) groups is 1. The van der Waals surface area contributed by atoms with Gasteiger partial charge in [0.05, 0.1) is 12.2 Å². The van der Waals surface area contributed by atoms with Crippen molar-refractivity contribution in [2.75, 3.05) is 0 Å². The lowest BCUT2D eigenvalue weighted by Crippen LogP contribution is -2.62. The number of aryl methyl sites for hydroxylation is 1. The minimum absolute atomic E-state index is 0.132. The minimum Gasteiger partial charge on any atom is -0.477 e. The number of rotatable bonds is 7. The highest BCUT2D eigenvalue weighted by molar-refractivity contribution is 5.86. The van der Waals surface area contributed by atoms with Gasteiger partial charge in [0.1, 0.15) is 6.33 Å². The zero-order valence-corrected chi connectivity index (χ0v) is 23.3. The van der Waals surface area contributed by atoms with Crippen LogP contribution in [0, 0.1) is 52.3 Å². The molecule has 0 amide bonds. The summed E-state index contributed by atoms with van der Waals surface area (Å²) >= 11 is 0. The number of nitrogens with zero attached hydrogens (tertiary/aromatic N) is 2. The van der Waals surface area contributed by atoms with Crippen molar-refractivity contribution in [3.63, 3.8) is 0 Å². The Bertz CT molecular complexity index is 986. The predicted molar refractivity (Wildman–Crippen MR) is 143 cm³/mol. The number of aliphatic hydroxyl groups excluding tert-OH is 2. The first kappa shape index (κ1) is 27.1. The zero-order valence-electron chi connectivity index (χ0n) is 23.3. The van der Waals surface area contributed by atoms with Crippen molar-refractivity contribution in [3.8, 4) is 0 Å². The third-order valence-electron chi connectivity index (χ3n) is 12.2. The molecular weight excluding hydrogens is 464 g/mol. The lowest BCUT2D eigenvalue weighted by molar-refractivity contribution is -0.203. The molecule has 4 aliphatic carbocycles. The number of fused-ring (bicyclic) bond motifs is 5. The van der Waals surface area contributed by atoms with Crippen LogP contribution in [0.25, 0.3) is 0 Å². The number of carboxylic acids is 1. The fourth-order valence-electron chi connectivity index (χ4n) is 10.5. The predicted octanol–water partition coefficient (Wildman–Crippen LogP) is 5.76. The summed E-state index contributed by atoms with van der Waals surface area (Å²) in [5.41, 5.74) is 1.37. The summed E-state index contributed by atoms with van der Waals surface area (Å²) in [6.07, 6.45) is 14.1. The molecule has 6 heteroatoms. The molecule has 6 nitrogen and oxygen atoms in total. The normalized spacial score (nSPS) is 43.9. The van der Waals surface area contributed by atoms with Gasteiger partial charge in [-0.1, -0.05) is 40.5 Å². The maximum absolute atomic E-state index is 11.9. The third kappa shape index (κ3) is 4.44. The van der Waals surface area contributed by atoms with Gasteiger partial charge < -0.3 is 15.3 Å². The van der Waals surface area contributed by atoms with Crippen molar-refractivity contribution in [1.29, 1.82) is 0 Å². The van der Waals surface area contributed by atoms with E-state index in [2.05, 4.69) is 37.7 Å². The van der Waals surface area contributed by atoms with Gasteiger partial charge in [0, 0.05) is 11.8 Å². The molecule has 37 heavy (non-hydrogen) atoms. The van der Waals surface area contributed by atoms with E-state index < -0.39 is 5.97 Å². The Hall–Kier alpha value is -1.53. The minimum atomic E-state index is -0.979. The molecule has 0 spiro atoms. The van der Waals surface area contributed by atoms with E-state index in [-0.39, 0.29) is 28.7 Å². The van der Waals surface area contributed by atoms with Gasteiger partial charge in [-0.3, -0.25) is 0 Å². The van der Waals surface area contributed by atoms with Crippen molar-refractivity contribution < 1.29 is 20.1 Å². The Morgan fingerprint density at radius 1 is 1.08 bits per heavy atom. The van der Waals surface area contributed by atoms with Gasteiger partial charge in [-0.2, -0.15) is 0 Å². The molecule has 0 radical (unpaired) electrons. The molecule has 11 atom stereocenters. The van der Waals surface area contributed by atoms with Gasteiger partial charge in [0.25, 0.3) is 0 Å². The molecule has 4 fully saturated rings. The summed E-state index contributed by atoms with van der Waals surface area (Å²) in [7, 11) is 0. The number of hydrogen-bond donors (Lipinski definition) is 3. The summed E-state index contributed by atoms with van der Waals surface area (Å²) < 4.78 is 0. The van der Waals surface area contributed by atoms with Crippen LogP contribution in [0.5, 0.6) is 0 Å². The molecule has 4 unspecified atom stereocenters. The Morgan fingerprint density at radius 2 is 1.81 bits per heavy atom. The molecule has 4 saturated carbocycles. The van der Waals surface area contributed by atoms with Crippen molar-refractivity contribution in [2.24, 2.45) is 52.3 Å². The third-order valence-corrected chi connectivity index (χ3v) is 12.2. The highest BCUT2D eigenvalue weighted by Gasteiger charge is 2.64. The molecule has 0 aliphatic heterocycles. The van der Waals surface area contributed by atoms with Crippen molar-refractivity contribution in [1.82, 2.24) is 9.97 Å². The summed E-state index contributed by atoms with van der Waals surface area (Å²) in [4.78, 5) is 19.5. The number of aliphatic hydroxyl groups is 2. The maximum Gasteiger partial charge on any atom is 0.354 e. The van der Waals surface area contributed by atoms with E-state index in [1.165, 1.54) is 32.0 Å². The van der Waals surface area contributed by atoms with Gasteiger partial charge in [-0.15, -0.1) is 0 Å². The van der Waals surface area contributed by atoms with Gasteiger partial charge >= 0.3 is 5.97 Å². The van der Waals surface area contributed by atoms with Crippen LogP contribution in [-0.2, 0) is 6.42 Å². The molecule has 0 saturated heterocycles. The van der Waals surface area contributed by atoms with Crippen LogP contribution >= 0.6 is 0 Å². The number of aromatic nitrogens is 2. The molecule has 206 valence electrons. The number of carboxylic acid groups (broad SMARTS) is 1. The topological polar surface area (TPSA) is 104 Å². The van der Waals surface area contributed by atoms with Crippen LogP contribution in [-0.4, -0.2) is 43.5 Å². The SMILES string of the molecule is CC[C@H]1[C@@H](O)C2C3CCC([C@H](C)CCCc4cncnc4C(=O)O)[C@@]3(C)CCC2[C@@]2(C)CC[C@@H](O)C[C@@H]12. The lowest BCUT2D eigenvalue weighted by atomic mass is 9.41. The van der Waals surface area contributed by atoms with E-state index in [9.17, 15) is 20.1 Å². The average Bonchev–Trinajstić information content (AvgIpc) is 3.22. The first-order chi connectivity index (χ1) is 17.6. The van der Waals surface area contributed by atoms with Crippen LogP contribution in [0.1, 0.15) is 108 Å². The molecule has 1 aromatic rings. The molecule has 1 heterocycles. The van der Waals surface area contributed by atoms with Crippen molar-refractivity contribution >= 4 is 5.97 Å². The van der Waals surface area contributed by atoms with E-state index in [1.807, 2.05) is 0 Å². The quantitative estimate of drug-likeness (QED) is 0.429. The first-order valence-corrected chi connectivity index (χ1v) is 15.0. The number of aromatic carboxylic acids is 1. The largest absolute Gasteiger partial charge is 0.477 e. The average molecular weight is 513 g/mol. The highest BCUT2D eigenvalue weighted by Crippen LogP contribution is 2.69. The van der Waals surface area contributed by atoms with E-state index in [1.54, 1.807) is 6.20 Å². The lowest BCUT2D eigenvalue weighted by Gasteiger charge is -2.64. The Balaban J connectivity index is 1.30. The van der Waals surface area contributed by atoms with Gasteiger partial charge in [-0.05, 0) is 110 Å². The van der Waals surface area contributed by atoms with E-state index >= 15 is 0 Å². The Morgan fingerprint density at radius 3 is 2.54 bits per heavy atom. The number of hydrogen-bond acceptors (Lipinski definition) is 5. The monoisotopic (exact) mass is 512 g/mol.